The van der Waals surface area contributed by atoms with Crippen LogP contribution in [0, 0.1) is 0 Å². The Labute approximate surface area is 172 Å². The molecule has 27 heavy (non-hydrogen) atoms. The molecule has 0 amide bonds. The standard InChI is InChI=1S/C17H16Cl2N4O2S2/c1-27(24,25)20-9-10-26-17-22-21-16(14-8-7-12(18)11-15(14)19)23(17)13-5-3-2-4-6-13/h2-8,11,20H,9-10H2,1H3. The molecule has 0 aliphatic rings. The van der Waals surface area contributed by atoms with Crippen LogP contribution >= 0.6 is 35.0 Å². The Balaban J connectivity index is 1.96. The van der Waals surface area contributed by atoms with Gasteiger partial charge in [0.2, 0.25) is 10.0 Å². The lowest BCUT2D eigenvalue weighted by Crippen LogP contribution is -2.24. The van der Waals surface area contributed by atoms with E-state index in [-0.39, 0.29) is 0 Å². The van der Waals surface area contributed by atoms with E-state index in [4.69, 9.17) is 23.2 Å². The summed E-state index contributed by atoms with van der Waals surface area (Å²) >= 11 is 13.8. The molecule has 3 rings (SSSR count). The maximum absolute atomic E-state index is 11.2. The molecule has 1 heterocycles. The zero-order valence-corrected chi connectivity index (χ0v) is 17.4. The summed E-state index contributed by atoms with van der Waals surface area (Å²) < 4.78 is 26.8. The van der Waals surface area contributed by atoms with Crippen LogP contribution in [0.1, 0.15) is 0 Å². The maximum Gasteiger partial charge on any atom is 0.208 e. The van der Waals surface area contributed by atoms with E-state index in [1.807, 2.05) is 34.9 Å². The van der Waals surface area contributed by atoms with Crippen molar-refractivity contribution in [3.63, 3.8) is 0 Å². The van der Waals surface area contributed by atoms with Crippen molar-refractivity contribution >= 4 is 45.0 Å². The van der Waals surface area contributed by atoms with Gasteiger partial charge in [0.25, 0.3) is 0 Å². The van der Waals surface area contributed by atoms with E-state index in [1.54, 1.807) is 18.2 Å². The van der Waals surface area contributed by atoms with Crippen LogP contribution in [0.15, 0.2) is 53.7 Å². The molecule has 0 aliphatic heterocycles. The third-order valence-electron chi connectivity index (χ3n) is 3.52. The maximum atomic E-state index is 11.2. The number of halogens is 2. The molecule has 0 spiro atoms. The zero-order chi connectivity index (χ0) is 19.4. The van der Waals surface area contributed by atoms with Gasteiger partial charge in [0.1, 0.15) is 0 Å². The Kier molecular flexibility index (Phi) is 6.44. The summed E-state index contributed by atoms with van der Waals surface area (Å²) in [4.78, 5) is 0. The number of para-hydroxylation sites is 1. The number of hydrogen-bond donors (Lipinski definition) is 1. The molecule has 0 unspecified atom stereocenters. The van der Waals surface area contributed by atoms with Crippen molar-refractivity contribution in [2.45, 2.75) is 5.16 Å². The number of sulfonamides is 1. The first-order valence-electron chi connectivity index (χ1n) is 7.89. The fourth-order valence-electron chi connectivity index (χ4n) is 2.39. The quantitative estimate of drug-likeness (QED) is 0.443. The van der Waals surface area contributed by atoms with Gasteiger partial charge in [-0.3, -0.25) is 4.57 Å². The number of benzene rings is 2. The third kappa shape index (κ3) is 5.24. The Hall–Kier alpha value is -1.58. The van der Waals surface area contributed by atoms with Crippen LogP contribution in [0.5, 0.6) is 0 Å². The summed E-state index contributed by atoms with van der Waals surface area (Å²) in [5.41, 5.74) is 1.58. The van der Waals surface area contributed by atoms with Crippen LogP contribution in [0.2, 0.25) is 10.0 Å². The van der Waals surface area contributed by atoms with Crippen LogP contribution in [0.3, 0.4) is 0 Å². The highest BCUT2D eigenvalue weighted by molar-refractivity contribution is 7.99. The Bertz CT molecular complexity index is 1040. The van der Waals surface area contributed by atoms with Crippen molar-refractivity contribution in [2.75, 3.05) is 18.6 Å². The molecule has 2 aromatic carbocycles. The third-order valence-corrected chi connectivity index (χ3v) is 5.72. The van der Waals surface area contributed by atoms with Gasteiger partial charge in [-0.15, -0.1) is 10.2 Å². The molecule has 0 atom stereocenters. The molecule has 0 saturated heterocycles. The largest absolute Gasteiger partial charge is 0.270 e. The minimum atomic E-state index is -3.22. The lowest BCUT2D eigenvalue weighted by molar-refractivity contribution is 0.590. The van der Waals surface area contributed by atoms with Crippen molar-refractivity contribution in [2.24, 2.45) is 0 Å². The number of rotatable bonds is 7. The van der Waals surface area contributed by atoms with Crippen LogP contribution < -0.4 is 4.72 Å². The van der Waals surface area contributed by atoms with E-state index in [9.17, 15) is 8.42 Å². The van der Waals surface area contributed by atoms with Crippen LogP contribution in [0.25, 0.3) is 17.1 Å². The predicted molar refractivity (Wildman–Crippen MR) is 110 cm³/mol. The van der Waals surface area contributed by atoms with Gasteiger partial charge in [0.15, 0.2) is 11.0 Å². The van der Waals surface area contributed by atoms with Crippen LogP contribution in [-0.4, -0.2) is 41.7 Å². The second-order valence-corrected chi connectivity index (χ2v) is 9.35. The zero-order valence-electron chi connectivity index (χ0n) is 14.3. The number of thioether (sulfide) groups is 1. The van der Waals surface area contributed by atoms with Crippen molar-refractivity contribution in [3.8, 4) is 17.1 Å². The molecule has 6 nitrogen and oxygen atoms in total. The normalized spacial score (nSPS) is 11.7. The summed E-state index contributed by atoms with van der Waals surface area (Å²) in [6.07, 6.45) is 1.13. The minimum absolute atomic E-state index is 0.294. The molecule has 0 saturated carbocycles. The SMILES string of the molecule is CS(=O)(=O)NCCSc1nnc(-c2ccc(Cl)cc2Cl)n1-c1ccccc1. The van der Waals surface area contributed by atoms with Gasteiger partial charge in [-0.2, -0.15) is 0 Å². The van der Waals surface area contributed by atoms with Gasteiger partial charge in [-0.05, 0) is 30.3 Å². The van der Waals surface area contributed by atoms with E-state index < -0.39 is 10.0 Å². The number of nitrogens with one attached hydrogen (secondary N) is 1. The topological polar surface area (TPSA) is 76.9 Å². The van der Waals surface area contributed by atoms with Gasteiger partial charge in [-0.1, -0.05) is 53.2 Å². The van der Waals surface area contributed by atoms with E-state index >= 15 is 0 Å². The second kappa shape index (κ2) is 8.62. The fourth-order valence-corrected chi connectivity index (χ4v) is 4.29. The van der Waals surface area contributed by atoms with E-state index in [1.165, 1.54) is 11.8 Å². The molecular weight excluding hydrogens is 427 g/mol. The highest BCUT2D eigenvalue weighted by Gasteiger charge is 2.18. The average Bonchev–Trinajstić information content (AvgIpc) is 3.02. The highest BCUT2D eigenvalue weighted by Crippen LogP contribution is 2.33. The predicted octanol–water partition coefficient (Wildman–Crippen LogP) is 3.88. The molecular formula is C17H16Cl2N4O2S2. The number of hydrogen-bond acceptors (Lipinski definition) is 5. The molecule has 0 fully saturated rings. The Morgan fingerprint density at radius 2 is 1.85 bits per heavy atom. The average molecular weight is 443 g/mol. The van der Waals surface area contributed by atoms with Gasteiger partial charge in [-0.25, -0.2) is 13.1 Å². The lowest BCUT2D eigenvalue weighted by Gasteiger charge is -2.11. The van der Waals surface area contributed by atoms with Gasteiger partial charge in [0, 0.05) is 28.6 Å². The number of nitrogens with zero attached hydrogens (tertiary/aromatic N) is 3. The molecule has 10 heteroatoms. The second-order valence-electron chi connectivity index (χ2n) is 5.62. The van der Waals surface area contributed by atoms with Gasteiger partial charge in [0.05, 0.1) is 11.3 Å². The number of aromatic nitrogens is 3. The Morgan fingerprint density at radius 3 is 2.52 bits per heavy atom. The van der Waals surface area contributed by atoms with Crippen molar-refractivity contribution < 1.29 is 8.42 Å². The lowest BCUT2D eigenvalue weighted by atomic mass is 10.2. The smallest absolute Gasteiger partial charge is 0.208 e. The van der Waals surface area contributed by atoms with Crippen LogP contribution in [0.4, 0.5) is 0 Å². The van der Waals surface area contributed by atoms with E-state index in [0.29, 0.717) is 38.9 Å². The molecule has 142 valence electrons. The minimum Gasteiger partial charge on any atom is -0.270 e. The molecule has 1 N–H and O–H groups in total. The van der Waals surface area contributed by atoms with Gasteiger partial charge >= 0.3 is 0 Å². The van der Waals surface area contributed by atoms with Crippen molar-refractivity contribution in [1.82, 2.24) is 19.5 Å². The Morgan fingerprint density at radius 1 is 1.11 bits per heavy atom. The molecule has 0 bridgehead atoms. The first kappa shape index (κ1) is 20.2. The first-order chi connectivity index (χ1) is 12.8. The summed E-state index contributed by atoms with van der Waals surface area (Å²) in [5.74, 6) is 1.09. The fraction of sp³-hybridized carbons (Fsp3) is 0.176. The molecule has 0 aliphatic carbocycles. The van der Waals surface area contributed by atoms with E-state index in [2.05, 4.69) is 14.9 Å². The first-order valence-corrected chi connectivity index (χ1v) is 11.5. The molecule has 3 aromatic rings. The monoisotopic (exact) mass is 442 g/mol. The summed E-state index contributed by atoms with van der Waals surface area (Å²) in [7, 11) is -3.22. The molecule has 1 aromatic heterocycles. The summed E-state index contributed by atoms with van der Waals surface area (Å²) in [6, 6.07) is 14.8. The highest BCUT2D eigenvalue weighted by atomic mass is 35.5. The molecule has 0 radical (unpaired) electrons. The summed E-state index contributed by atoms with van der Waals surface area (Å²) in [6.45, 7) is 0.294. The van der Waals surface area contributed by atoms with Crippen molar-refractivity contribution in [3.05, 3.63) is 58.6 Å². The van der Waals surface area contributed by atoms with Crippen molar-refractivity contribution in [1.29, 1.82) is 0 Å². The van der Waals surface area contributed by atoms with Crippen LogP contribution in [-0.2, 0) is 10.0 Å². The summed E-state index contributed by atoms with van der Waals surface area (Å²) in [5, 5.41) is 10.2. The van der Waals surface area contributed by atoms with Gasteiger partial charge < -0.3 is 0 Å². The van der Waals surface area contributed by atoms with E-state index in [0.717, 1.165) is 11.9 Å².